The summed E-state index contributed by atoms with van der Waals surface area (Å²) in [5.41, 5.74) is 2.69. The fourth-order valence-corrected chi connectivity index (χ4v) is 6.72. The number of aromatic nitrogens is 2. The van der Waals surface area contributed by atoms with Crippen molar-refractivity contribution in [1.82, 2.24) is 14.3 Å². The molecule has 0 amide bonds. The van der Waals surface area contributed by atoms with Gasteiger partial charge in [-0.1, -0.05) is 30.5 Å². The van der Waals surface area contributed by atoms with Gasteiger partial charge < -0.3 is 14.6 Å². The van der Waals surface area contributed by atoms with E-state index in [2.05, 4.69) is 14.9 Å². The lowest BCUT2D eigenvalue weighted by atomic mass is 10.1. The highest BCUT2D eigenvalue weighted by atomic mass is 32.2. The molecule has 2 aromatic carbocycles. The van der Waals surface area contributed by atoms with Crippen LogP contribution in [0.25, 0.3) is 0 Å². The maximum absolute atomic E-state index is 13.8. The second kappa shape index (κ2) is 10.7. The summed E-state index contributed by atoms with van der Waals surface area (Å²) in [5.74, 6) is 0. The molecule has 1 atom stereocenters. The zero-order valence-corrected chi connectivity index (χ0v) is 21.9. The molecule has 1 N–H and O–H groups in total. The molecular weight excluding hydrogens is 517 g/mol. The molecule has 0 unspecified atom stereocenters. The zero-order chi connectivity index (χ0) is 26.9. The maximum Gasteiger partial charge on any atom is 0.416 e. The predicted octanol–water partition coefficient (Wildman–Crippen LogP) is 5.28. The highest BCUT2D eigenvalue weighted by Gasteiger charge is 2.36. The summed E-state index contributed by atoms with van der Waals surface area (Å²) in [6.07, 6.45) is 3.14. The van der Waals surface area contributed by atoms with Crippen LogP contribution in [0.3, 0.4) is 0 Å². The van der Waals surface area contributed by atoms with E-state index in [4.69, 9.17) is 4.74 Å². The van der Waals surface area contributed by atoms with Gasteiger partial charge in [0.15, 0.2) is 0 Å². The van der Waals surface area contributed by atoms with Crippen molar-refractivity contribution in [2.45, 2.75) is 68.9 Å². The lowest BCUT2D eigenvalue weighted by Gasteiger charge is -2.34. The van der Waals surface area contributed by atoms with Crippen molar-refractivity contribution in [3.05, 3.63) is 77.4 Å². The van der Waals surface area contributed by atoms with E-state index in [1.54, 1.807) is 12.5 Å². The number of benzene rings is 2. The van der Waals surface area contributed by atoms with Crippen molar-refractivity contribution >= 4 is 15.7 Å². The molecule has 0 spiro atoms. The number of alkyl halides is 3. The normalized spacial score (nSPS) is 19.5. The Kier molecular flexibility index (Phi) is 7.52. The van der Waals surface area contributed by atoms with Gasteiger partial charge in [0.2, 0.25) is 10.0 Å². The third-order valence-electron chi connectivity index (χ3n) is 7.29. The Hall–Kier alpha value is -2.89. The van der Waals surface area contributed by atoms with E-state index in [1.165, 1.54) is 4.31 Å². The number of imidazole rings is 1. The fourth-order valence-electron chi connectivity index (χ4n) is 5.27. The highest BCUT2D eigenvalue weighted by molar-refractivity contribution is 7.89. The number of rotatable bonds is 7. The summed E-state index contributed by atoms with van der Waals surface area (Å²) in [7, 11) is -4.10. The molecule has 1 aromatic heterocycles. The molecule has 1 aliphatic carbocycles. The SMILES string of the molecule is Cc1ccc2c(c1)CN(S(=O)(=O)c1ccc(C(F)(F)F)cc1)C[C@H](COC1CCCC1)N2Cc1cnc[nH]1. The molecule has 7 nitrogen and oxygen atoms in total. The molecule has 0 radical (unpaired) electrons. The topological polar surface area (TPSA) is 78.5 Å². The van der Waals surface area contributed by atoms with Crippen LogP contribution in [0.2, 0.25) is 0 Å². The molecule has 0 bridgehead atoms. The number of hydrogen-bond acceptors (Lipinski definition) is 5. The first-order valence-electron chi connectivity index (χ1n) is 12.7. The number of sulfonamides is 1. The van der Waals surface area contributed by atoms with Crippen LogP contribution in [-0.2, 0) is 34.0 Å². The third kappa shape index (κ3) is 5.74. The van der Waals surface area contributed by atoms with Gasteiger partial charge in [0.1, 0.15) is 0 Å². The Morgan fingerprint density at radius 2 is 1.84 bits per heavy atom. The molecular formula is C27H31F3N4O3S. The number of fused-ring (bicyclic) bond motifs is 1. The van der Waals surface area contributed by atoms with Crippen molar-refractivity contribution in [2.24, 2.45) is 0 Å². The molecule has 204 valence electrons. The number of hydrogen-bond donors (Lipinski definition) is 1. The van der Waals surface area contributed by atoms with E-state index < -0.39 is 21.8 Å². The van der Waals surface area contributed by atoms with Gasteiger partial charge in [-0.25, -0.2) is 13.4 Å². The minimum atomic E-state index is -4.54. The number of nitrogens with one attached hydrogen (secondary N) is 1. The number of aromatic amines is 1. The predicted molar refractivity (Wildman–Crippen MR) is 137 cm³/mol. The number of H-pyrrole nitrogens is 1. The summed E-state index contributed by atoms with van der Waals surface area (Å²) in [4.78, 5) is 9.25. The Bertz CT molecular complexity index is 1340. The number of anilines is 1. The van der Waals surface area contributed by atoms with Gasteiger partial charge >= 0.3 is 6.18 Å². The molecule has 11 heteroatoms. The van der Waals surface area contributed by atoms with Crippen molar-refractivity contribution in [3.63, 3.8) is 0 Å². The van der Waals surface area contributed by atoms with E-state index >= 15 is 0 Å². The standard InChI is InChI=1S/C27H31F3N4O3S/c1-19-6-11-26-20(12-19)14-33(38(35,36)25-9-7-21(8-10-25)27(28,29)30)16-23(17-37-24-4-2-3-5-24)34(26)15-22-13-31-18-32-22/h6-13,18,23-24H,2-5,14-17H2,1H3,(H,31,32)/t23-/m1/s1. The van der Waals surface area contributed by atoms with Gasteiger partial charge in [-0.05, 0) is 55.7 Å². The van der Waals surface area contributed by atoms with Crippen molar-refractivity contribution in [1.29, 1.82) is 0 Å². The first-order valence-corrected chi connectivity index (χ1v) is 14.2. The summed E-state index contributed by atoms with van der Waals surface area (Å²) in [6, 6.07) is 9.32. The monoisotopic (exact) mass is 548 g/mol. The van der Waals surface area contributed by atoms with Gasteiger partial charge in [-0.3, -0.25) is 0 Å². The molecule has 1 fully saturated rings. The van der Waals surface area contributed by atoms with E-state index in [0.29, 0.717) is 13.2 Å². The van der Waals surface area contributed by atoms with E-state index in [9.17, 15) is 21.6 Å². The first kappa shape index (κ1) is 26.7. The number of ether oxygens (including phenoxy) is 1. The second-order valence-corrected chi connectivity index (χ2v) is 12.0. The average Bonchev–Trinajstić information content (AvgIpc) is 3.56. The third-order valence-corrected chi connectivity index (χ3v) is 9.11. The smallest absolute Gasteiger partial charge is 0.376 e. The quantitative estimate of drug-likeness (QED) is 0.435. The van der Waals surface area contributed by atoms with Crippen LogP contribution in [-0.4, -0.2) is 48.0 Å². The lowest BCUT2D eigenvalue weighted by molar-refractivity contribution is -0.137. The van der Waals surface area contributed by atoms with Crippen molar-refractivity contribution < 1.29 is 26.3 Å². The summed E-state index contributed by atoms with van der Waals surface area (Å²) < 4.78 is 74.6. The van der Waals surface area contributed by atoms with Gasteiger partial charge in [-0.15, -0.1) is 0 Å². The molecule has 38 heavy (non-hydrogen) atoms. The average molecular weight is 549 g/mol. The Morgan fingerprint density at radius 3 is 2.50 bits per heavy atom. The number of halogens is 3. The van der Waals surface area contributed by atoms with Gasteiger partial charge in [0, 0.05) is 25.0 Å². The molecule has 3 aromatic rings. The van der Waals surface area contributed by atoms with Crippen LogP contribution in [0.5, 0.6) is 0 Å². The maximum atomic E-state index is 13.8. The molecule has 5 rings (SSSR count). The van der Waals surface area contributed by atoms with E-state index in [1.807, 2.05) is 25.1 Å². The van der Waals surface area contributed by atoms with Crippen LogP contribution < -0.4 is 4.90 Å². The highest BCUT2D eigenvalue weighted by Crippen LogP contribution is 2.35. The molecule has 2 heterocycles. The summed E-state index contributed by atoms with van der Waals surface area (Å²) in [5, 5.41) is 0. The zero-order valence-electron chi connectivity index (χ0n) is 21.1. The van der Waals surface area contributed by atoms with Crippen molar-refractivity contribution in [3.8, 4) is 0 Å². The second-order valence-electron chi connectivity index (χ2n) is 10.1. The van der Waals surface area contributed by atoms with Gasteiger partial charge in [-0.2, -0.15) is 17.5 Å². The van der Waals surface area contributed by atoms with Gasteiger partial charge in [0.25, 0.3) is 0 Å². The molecule has 1 aliphatic heterocycles. The summed E-state index contributed by atoms with van der Waals surface area (Å²) in [6.45, 7) is 2.96. The van der Waals surface area contributed by atoms with Crippen LogP contribution in [0.15, 0.2) is 59.9 Å². The minimum Gasteiger partial charge on any atom is -0.376 e. The lowest BCUT2D eigenvalue weighted by Crippen LogP contribution is -2.46. The number of nitrogens with zero attached hydrogens (tertiary/aromatic N) is 3. The van der Waals surface area contributed by atoms with E-state index in [-0.39, 0.29) is 30.1 Å². The van der Waals surface area contributed by atoms with Crippen LogP contribution in [0, 0.1) is 6.92 Å². The van der Waals surface area contributed by atoms with Crippen LogP contribution in [0.1, 0.15) is 48.1 Å². The Labute approximate surface area is 220 Å². The summed E-state index contributed by atoms with van der Waals surface area (Å²) >= 11 is 0. The largest absolute Gasteiger partial charge is 0.416 e. The Morgan fingerprint density at radius 1 is 1.11 bits per heavy atom. The molecule has 2 aliphatic rings. The minimum absolute atomic E-state index is 0.0970. The number of aryl methyl sites for hydroxylation is 1. The van der Waals surface area contributed by atoms with Crippen molar-refractivity contribution in [2.75, 3.05) is 18.1 Å². The van der Waals surface area contributed by atoms with Crippen LogP contribution >= 0.6 is 0 Å². The molecule has 0 saturated heterocycles. The van der Waals surface area contributed by atoms with Gasteiger partial charge in [0.05, 0.1) is 47.8 Å². The first-order chi connectivity index (χ1) is 18.1. The fraction of sp³-hybridized carbons (Fsp3) is 0.444. The van der Waals surface area contributed by atoms with E-state index in [0.717, 1.165) is 72.5 Å². The Balaban J connectivity index is 1.52. The molecule has 1 saturated carbocycles. The van der Waals surface area contributed by atoms with Crippen LogP contribution in [0.4, 0.5) is 18.9 Å².